The highest BCUT2D eigenvalue weighted by Gasteiger charge is 2.32. The molecule has 1 aliphatic heterocycles. The molecule has 3 aromatic rings. The summed E-state index contributed by atoms with van der Waals surface area (Å²) in [5, 5.41) is 5.04. The predicted molar refractivity (Wildman–Crippen MR) is 134 cm³/mol. The molecule has 1 unspecified atom stereocenters. The van der Waals surface area contributed by atoms with Crippen molar-refractivity contribution >= 4 is 29.2 Å². The highest BCUT2D eigenvalue weighted by atomic mass is 19.4. The minimum atomic E-state index is -4.48. The summed E-state index contributed by atoms with van der Waals surface area (Å²) in [6, 6.07) is 15.1. The molecule has 7 nitrogen and oxygen atoms in total. The predicted octanol–water partition coefficient (Wildman–Crippen LogP) is 5.10. The van der Waals surface area contributed by atoms with Crippen molar-refractivity contribution in [3.05, 3.63) is 83.4 Å². The molecule has 1 heterocycles. The van der Waals surface area contributed by atoms with Crippen molar-refractivity contribution in [2.24, 2.45) is 5.73 Å². The summed E-state index contributed by atoms with van der Waals surface area (Å²) in [5.74, 6) is -0.997. The number of nitrogens with one attached hydrogen (secondary N) is 2. The second-order valence-corrected chi connectivity index (χ2v) is 8.77. The molecular weight excluding hydrogens is 485 g/mol. The minimum Gasteiger partial charge on any atom is -0.366 e. The number of amides is 4. The molecule has 1 aliphatic rings. The summed E-state index contributed by atoms with van der Waals surface area (Å²) in [6.07, 6.45) is -3.51. The lowest BCUT2D eigenvalue weighted by molar-refractivity contribution is -0.137. The summed E-state index contributed by atoms with van der Waals surface area (Å²) >= 11 is 0. The second-order valence-electron chi connectivity index (χ2n) is 8.77. The molecule has 4 N–H and O–H groups in total. The Morgan fingerprint density at radius 2 is 1.70 bits per heavy atom. The first-order valence-electron chi connectivity index (χ1n) is 11.6. The van der Waals surface area contributed by atoms with Crippen LogP contribution in [0.2, 0.25) is 0 Å². The average molecular weight is 511 g/mol. The lowest BCUT2D eigenvalue weighted by Crippen LogP contribution is -2.53. The molecule has 1 saturated heterocycles. The van der Waals surface area contributed by atoms with Gasteiger partial charge in [0.1, 0.15) is 6.04 Å². The van der Waals surface area contributed by atoms with Crippen LogP contribution in [-0.2, 0) is 11.0 Å². The van der Waals surface area contributed by atoms with Crippen molar-refractivity contribution in [1.29, 1.82) is 0 Å². The number of hydrogen-bond donors (Lipinski definition) is 3. The van der Waals surface area contributed by atoms with Gasteiger partial charge in [0.2, 0.25) is 11.8 Å². The zero-order valence-electron chi connectivity index (χ0n) is 19.9. The number of piperidine rings is 1. The first kappa shape index (κ1) is 25.7. The summed E-state index contributed by atoms with van der Waals surface area (Å²) < 4.78 is 38.2. The molecule has 10 heteroatoms. The Morgan fingerprint density at radius 3 is 2.35 bits per heavy atom. The fourth-order valence-corrected chi connectivity index (χ4v) is 4.35. The average Bonchev–Trinajstić information content (AvgIpc) is 2.85. The molecule has 192 valence electrons. The van der Waals surface area contributed by atoms with Crippen LogP contribution >= 0.6 is 0 Å². The van der Waals surface area contributed by atoms with E-state index < -0.39 is 29.7 Å². The second kappa shape index (κ2) is 10.3. The monoisotopic (exact) mass is 510 g/mol. The topological polar surface area (TPSA) is 105 Å². The first-order valence-corrected chi connectivity index (χ1v) is 11.6. The van der Waals surface area contributed by atoms with E-state index in [4.69, 9.17) is 5.73 Å². The Kier molecular flexibility index (Phi) is 7.19. The highest BCUT2D eigenvalue weighted by molar-refractivity contribution is 6.05. The summed E-state index contributed by atoms with van der Waals surface area (Å²) in [7, 11) is 0. The van der Waals surface area contributed by atoms with Crippen LogP contribution in [0.15, 0.2) is 66.7 Å². The Bertz CT molecular complexity index is 1340. The molecular formula is C27H25F3N4O3. The third-order valence-electron chi connectivity index (χ3n) is 6.23. The van der Waals surface area contributed by atoms with Crippen LogP contribution < -0.4 is 21.3 Å². The molecule has 1 fully saturated rings. The zero-order valence-corrected chi connectivity index (χ0v) is 19.9. The van der Waals surface area contributed by atoms with E-state index >= 15 is 0 Å². The largest absolute Gasteiger partial charge is 0.416 e. The number of hydrogen-bond acceptors (Lipinski definition) is 3. The maximum Gasteiger partial charge on any atom is 0.416 e. The van der Waals surface area contributed by atoms with Gasteiger partial charge in [-0.3, -0.25) is 9.59 Å². The molecule has 37 heavy (non-hydrogen) atoms. The Balaban J connectivity index is 1.49. The third kappa shape index (κ3) is 5.74. The van der Waals surface area contributed by atoms with E-state index in [1.54, 1.807) is 18.2 Å². The molecule has 0 aliphatic carbocycles. The molecule has 0 saturated carbocycles. The van der Waals surface area contributed by atoms with Gasteiger partial charge in [-0.2, -0.15) is 13.2 Å². The molecule has 3 aromatic carbocycles. The van der Waals surface area contributed by atoms with Gasteiger partial charge in [0.25, 0.3) is 0 Å². The number of urea groups is 1. The van der Waals surface area contributed by atoms with E-state index in [1.165, 1.54) is 4.90 Å². The first-order chi connectivity index (χ1) is 17.5. The standard InChI is InChI=1S/C27H25F3N4O3/c1-16-5-2-3-6-20(16)21-13-12-19(15-22(21)24(31)35)34-14-4-7-23(25(34)36)33-26(37)32-18-10-8-17(9-11-18)27(28,29)30/h2-3,5-6,8-13,15,23H,4,7,14H2,1H3,(H2,31,35)(H2,32,33,37). The Hall–Kier alpha value is -4.34. The van der Waals surface area contributed by atoms with Crippen molar-refractivity contribution in [2.75, 3.05) is 16.8 Å². The van der Waals surface area contributed by atoms with Crippen LogP contribution in [0.25, 0.3) is 11.1 Å². The quantitative estimate of drug-likeness (QED) is 0.445. The van der Waals surface area contributed by atoms with Crippen LogP contribution in [0.4, 0.5) is 29.3 Å². The molecule has 0 radical (unpaired) electrons. The van der Waals surface area contributed by atoms with Gasteiger partial charge in [-0.25, -0.2) is 4.79 Å². The van der Waals surface area contributed by atoms with Gasteiger partial charge in [0, 0.05) is 23.5 Å². The normalized spacial score (nSPS) is 15.8. The van der Waals surface area contributed by atoms with Gasteiger partial charge in [-0.1, -0.05) is 30.3 Å². The van der Waals surface area contributed by atoms with Crippen molar-refractivity contribution in [3.63, 3.8) is 0 Å². The number of primary amides is 1. The number of nitrogens with zero attached hydrogens (tertiary/aromatic N) is 1. The molecule has 0 spiro atoms. The minimum absolute atomic E-state index is 0.156. The van der Waals surface area contributed by atoms with Gasteiger partial charge in [0.05, 0.1) is 5.56 Å². The number of halogens is 3. The summed E-state index contributed by atoms with van der Waals surface area (Å²) in [4.78, 5) is 39.4. The third-order valence-corrected chi connectivity index (χ3v) is 6.23. The van der Waals surface area contributed by atoms with Gasteiger partial charge in [0.15, 0.2) is 0 Å². The number of nitrogens with two attached hydrogens (primary N) is 1. The number of rotatable bonds is 5. The van der Waals surface area contributed by atoms with Crippen molar-refractivity contribution < 1.29 is 27.6 Å². The van der Waals surface area contributed by atoms with Crippen LogP contribution in [0.5, 0.6) is 0 Å². The Labute approximate surface area is 211 Å². The summed E-state index contributed by atoms with van der Waals surface area (Å²) in [5.41, 5.74) is 8.22. The molecule has 0 bridgehead atoms. The van der Waals surface area contributed by atoms with E-state index in [-0.39, 0.29) is 17.2 Å². The Morgan fingerprint density at radius 1 is 1.00 bits per heavy atom. The number of benzene rings is 3. The number of aryl methyl sites for hydroxylation is 1. The van der Waals surface area contributed by atoms with Gasteiger partial charge < -0.3 is 21.3 Å². The number of alkyl halides is 3. The van der Waals surface area contributed by atoms with E-state index in [0.29, 0.717) is 30.6 Å². The van der Waals surface area contributed by atoms with Gasteiger partial charge >= 0.3 is 12.2 Å². The number of carbonyl (C=O) groups is 3. The van der Waals surface area contributed by atoms with Crippen LogP contribution in [0.1, 0.15) is 34.3 Å². The van der Waals surface area contributed by atoms with Crippen molar-refractivity contribution in [3.8, 4) is 11.1 Å². The lowest BCUT2D eigenvalue weighted by atomic mass is 9.94. The van der Waals surface area contributed by atoms with Crippen LogP contribution in [0.3, 0.4) is 0 Å². The molecule has 4 rings (SSSR count). The fourth-order valence-electron chi connectivity index (χ4n) is 4.35. The number of anilines is 2. The molecule has 0 aromatic heterocycles. The van der Waals surface area contributed by atoms with E-state index in [9.17, 15) is 27.6 Å². The van der Waals surface area contributed by atoms with Crippen LogP contribution in [-0.4, -0.2) is 30.4 Å². The summed E-state index contributed by atoms with van der Waals surface area (Å²) in [6.45, 7) is 2.31. The van der Waals surface area contributed by atoms with Crippen LogP contribution in [0, 0.1) is 6.92 Å². The molecule has 1 atom stereocenters. The van der Waals surface area contributed by atoms with Gasteiger partial charge in [-0.15, -0.1) is 0 Å². The van der Waals surface area contributed by atoms with Crippen molar-refractivity contribution in [2.45, 2.75) is 32.0 Å². The smallest absolute Gasteiger partial charge is 0.366 e. The highest BCUT2D eigenvalue weighted by Crippen LogP contribution is 2.32. The lowest BCUT2D eigenvalue weighted by Gasteiger charge is -2.33. The SMILES string of the molecule is Cc1ccccc1-c1ccc(N2CCCC(NC(=O)Nc3ccc(C(F)(F)F)cc3)C2=O)cc1C(N)=O. The van der Waals surface area contributed by atoms with Crippen molar-refractivity contribution in [1.82, 2.24) is 5.32 Å². The maximum atomic E-state index is 13.2. The van der Waals surface area contributed by atoms with E-state index in [2.05, 4.69) is 10.6 Å². The zero-order chi connectivity index (χ0) is 26.7. The van der Waals surface area contributed by atoms with Gasteiger partial charge in [-0.05, 0) is 72.9 Å². The fraction of sp³-hybridized carbons (Fsp3) is 0.222. The molecule has 4 amide bonds. The van der Waals surface area contributed by atoms with E-state index in [0.717, 1.165) is 35.4 Å². The van der Waals surface area contributed by atoms with E-state index in [1.807, 2.05) is 31.2 Å². The number of carbonyl (C=O) groups excluding carboxylic acids is 3. The maximum absolute atomic E-state index is 13.2.